The van der Waals surface area contributed by atoms with Crippen molar-refractivity contribution in [3.63, 3.8) is 0 Å². The summed E-state index contributed by atoms with van der Waals surface area (Å²) >= 11 is 0. The number of rotatable bonds is 7. The van der Waals surface area contributed by atoms with Gasteiger partial charge in [-0.1, -0.05) is 86.1 Å². The van der Waals surface area contributed by atoms with Crippen LogP contribution in [0.1, 0.15) is 45.2 Å². The molecule has 0 aliphatic carbocycles. The van der Waals surface area contributed by atoms with Crippen molar-refractivity contribution in [3.8, 4) is 22.6 Å². The molecule has 170 valence electrons. The molecule has 0 aliphatic rings. The fourth-order valence-corrected chi connectivity index (χ4v) is 3.90. The van der Waals surface area contributed by atoms with Crippen LogP contribution in [0.2, 0.25) is 0 Å². The number of esters is 2. The molecule has 0 radical (unpaired) electrons. The quantitative estimate of drug-likeness (QED) is 0.224. The number of carbonyl (C=O) groups excluding carboxylic acids is 2. The van der Waals surface area contributed by atoms with E-state index in [1.807, 2.05) is 55.5 Å². The van der Waals surface area contributed by atoms with Gasteiger partial charge in [0.2, 0.25) is 0 Å². The Bertz CT molecular complexity index is 1280. The van der Waals surface area contributed by atoms with E-state index in [0.717, 1.165) is 35.1 Å². The zero-order valence-electron chi connectivity index (χ0n) is 19.3. The van der Waals surface area contributed by atoms with Gasteiger partial charge in [0, 0.05) is 5.56 Å². The molecule has 0 unspecified atom stereocenters. The van der Waals surface area contributed by atoms with Gasteiger partial charge in [-0.15, -0.1) is 0 Å². The Morgan fingerprint density at radius 1 is 0.676 bits per heavy atom. The Labute approximate surface area is 199 Å². The first-order chi connectivity index (χ1) is 16.6. The molecule has 0 aliphatic heterocycles. The van der Waals surface area contributed by atoms with Crippen LogP contribution >= 0.6 is 0 Å². The van der Waals surface area contributed by atoms with Gasteiger partial charge in [0.05, 0.1) is 11.1 Å². The van der Waals surface area contributed by atoms with Crippen LogP contribution in [0.25, 0.3) is 11.1 Å². The lowest BCUT2D eigenvalue weighted by Crippen LogP contribution is -2.15. The molecule has 4 rings (SSSR count). The highest BCUT2D eigenvalue weighted by Crippen LogP contribution is 2.44. The maximum Gasteiger partial charge on any atom is 0.343 e. The van der Waals surface area contributed by atoms with Crippen LogP contribution in [0.15, 0.2) is 97.1 Å². The molecule has 4 aromatic rings. The van der Waals surface area contributed by atoms with Crippen LogP contribution in [-0.2, 0) is 6.42 Å². The van der Waals surface area contributed by atoms with Crippen molar-refractivity contribution in [3.05, 3.63) is 119 Å². The largest absolute Gasteiger partial charge is 0.419 e. The van der Waals surface area contributed by atoms with Crippen LogP contribution in [0.5, 0.6) is 11.5 Å². The van der Waals surface area contributed by atoms with Gasteiger partial charge in [0.25, 0.3) is 0 Å². The van der Waals surface area contributed by atoms with Crippen molar-refractivity contribution >= 4 is 11.9 Å². The monoisotopic (exact) mass is 450 g/mol. The molecule has 0 aromatic heterocycles. The SMILES string of the molecule is CCCc1cc(C)c(OC(=O)c2ccccc2)c(OC(=O)c2ccccc2)c1-c1ccccc1. The van der Waals surface area contributed by atoms with Crippen molar-refractivity contribution in [2.45, 2.75) is 26.7 Å². The molecule has 0 heterocycles. The normalized spacial score (nSPS) is 10.5. The average Bonchev–Trinajstić information content (AvgIpc) is 2.88. The third-order valence-electron chi connectivity index (χ3n) is 5.49. The van der Waals surface area contributed by atoms with E-state index in [1.165, 1.54) is 0 Å². The lowest BCUT2D eigenvalue weighted by molar-refractivity contribution is 0.0682. The topological polar surface area (TPSA) is 52.6 Å². The minimum Gasteiger partial charge on any atom is -0.419 e. The second-order valence-corrected chi connectivity index (χ2v) is 8.01. The average molecular weight is 451 g/mol. The summed E-state index contributed by atoms with van der Waals surface area (Å²) in [5.74, 6) is -0.518. The molecule has 0 saturated heterocycles. The first kappa shape index (κ1) is 23.0. The van der Waals surface area contributed by atoms with Gasteiger partial charge in [0.15, 0.2) is 11.5 Å². The highest BCUT2D eigenvalue weighted by atomic mass is 16.6. The number of hydrogen-bond acceptors (Lipinski definition) is 4. The summed E-state index contributed by atoms with van der Waals surface area (Å²) in [6.07, 6.45) is 1.70. The molecular formula is C30H26O4. The van der Waals surface area contributed by atoms with Crippen LogP contribution in [0.3, 0.4) is 0 Å². The Balaban J connectivity index is 1.88. The maximum absolute atomic E-state index is 13.1. The van der Waals surface area contributed by atoms with Crippen LogP contribution in [0, 0.1) is 6.92 Å². The summed E-state index contributed by atoms with van der Waals surface area (Å²) in [5, 5.41) is 0. The van der Waals surface area contributed by atoms with E-state index in [9.17, 15) is 9.59 Å². The van der Waals surface area contributed by atoms with E-state index in [2.05, 4.69) is 6.92 Å². The fourth-order valence-electron chi connectivity index (χ4n) is 3.90. The number of hydrogen-bond donors (Lipinski definition) is 0. The molecule has 4 heteroatoms. The Morgan fingerprint density at radius 2 is 1.15 bits per heavy atom. The summed E-state index contributed by atoms with van der Waals surface area (Å²) < 4.78 is 11.9. The van der Waals surface area contributed by atoms with Gasteiger partial charge < -0.3 is 9.47 Å². The van der Waals surface area contributed by atoms with Crippen LogP contribution in [0.4, 0.5) is 0 Å². The number of ether oxygens (including phenoxy) is 2. The smallest absolute Gasteiger partial charge is 0.343 e. The second kappa shape index (κ2) is 10.6. The van der Waals surface area contributed by atoms with Crippen LogP contribution < -0.4 is 9.47 Å². The second-order valence-electron chi connectivity index (χ2n) is 8.01. The zero-order valence-corrected chi connectivity index (χ0v) is 19.3. The van der Waals surface area contributed by atoms with Gasteiger partial charge in [-0.2, -0.15) is 0 Å². The fraction of sp³-hybridized carbons (Fsp3) is 0.133. The number of benzene rings is 4. The van der Waals surface area contributed by atoms with E-state index in [4.69, 9.17) is 9.47 Å². The van der Waals surface area contributed by atoms with E-state index < -0.39 is 11.9 Å². The number of aryl methyl sites for hydroxylation is 2. The molecule has 0 N–H and O–H groups in total. The van der Waals surface area contributed by atoms with E-state index in [-0.39, 0.29) is 11.5 Å². The van der Waals surface area contributed by atoms with Crippen molar-refractivity contribution in [1.29, 1.82) is 0 Å². The minimum absolute atomic E-state index is 0.247. The Kier molecular flexibility index (Phi) is 7.19. The molecule has 4 nitrogen and oxygen atoms in total. The molecule has 0 saturated carbocycles. The summed E-state index contributed by atoms with van der Waals surface area (Å²) in [7, 11) is 0. The Hall–Kier alpha value is -4.18. The first-order valence-corrected chi connectivity index (χ1v) is 11.3. The third kappa shape index (κ3) is 5.07. The maximum atomic E-state index is 13.1. The highest BCUT2D eigenvalue weighted by molar-refractivity contribution is 5.95. The number of carbonyl (C=O) groups is 2. The molecule has 0 fully saturated rings. The highest BCUT2D eigenvalue weighted by Gasteiger charge is 2.25. The standard InChI is InChI=1S/C30H26O4/c1-3-13-25-20-21(2)27(33-29(31)23-16-9-5-10-17-23)28(26(25)22-14-7-4-8-15-22)34-30(32)24-18-11-6-12-19-24/h4-12,14-20H,3,13H2,1-2H3. The van der Waals surface area contributed by atoms with Crippen molar-refractivity contribution in [2.75, 3.05) is 0 Å². The molecule has 4 aromatic carbocycles. The van der Waals surface area contributed by atoms with Gasteiger partial charge in [0.1, 0.15) is 0 Å². The summed E-state index contributed by atoms with van der Waals surface area (Å²) in [6, 6.07) is 29.3. The predicted molar refractivity (Wildman–Crippen MR) is 133 cm³/mol. The molecule has 0 bridgehead atoms. The first-order valence-electron chi connectivity index (χ1n) is 11.3. The molecule has 0 atom stereocenters. The third-order valence-corrected chi connectivity index (χ3v) is 5.49. The molecule has 0 amide bonds. The van der Waals surface area contributed by atoms with Crippen molar-refractivity contribution in [1.82, 2.24) is 0 Å². The van der Waals surface area contributed by atoms with Gasteiger partial charge in [-0.3, -0.25) is 0 Å². The van der Waals surface area contributed by atoms with Crippen molar-refractivity contribution < 1.29 is 19.1 Å². The van der Waals surface area contributed by atoms with Gasteiger partial charge in [-0.05, 0) is 54.3 Å². The van der Waals surface area contributed by atoms with E-state index in [1.54, 1.807) is 48.5 Å². The van der Waals surface area contributed by atoms with E-state index >= 15 is 0 Å². The van der Waals surface area contributed by atoms with Crippen LogP contribution in [-0.4, -0.2) is 11.9 Å². The van der Waals surface area contributed by atoms with Gasteiger partial charge >= 0.3 is 11.9 Å². The lowest BCUT2D eigenvalue weighted by atomic mass is 9.93. The predicted octanol–water partition coefficient (Wildman–Crippen LogP) is 7.05. The van der Waals surface area contributed by atoms with E-state index in [0.29, 0.717) is 11.1 Å². The molecule has 0 spiro atoms. The van der Waals surface area contributed by atoms with Gasteiger partial charge in [-0.25, -0.2) is 9.59 Å². The Morgan fingerprint density at radius 3 is 1.65 bits per heavy atom. The minimum atomic E-state index is -0.511. The molecule has 34 heavy (non-hydrogen) atoms. The lowest BCUT2D eigenvalue weighted by Gasteiger charge is -2.20. The molecular weight excluding hydrogens is 424 g/mol. The van der Waals surface area contributed by atoms with Crippen molar-refractivity contribution in [2.24, 2.45) is 0 Å². The summed E-state index contributed by atoms with van der Waals surface area (Å²) in [5.41, 5.74) is 4.23. The summed E-state index contributed by atoms with van der Waals surface area (Å²) in [4.78, 5) is 26.1. The summed E-state index contributed by atoms with van der Waals surface area (Å²) in [6.45, 7) is 3.96. The zero-order chi connectivity index (χ0) is 23.9.